The van der Waals surface area contributed by atoms with Gasteiger partial charge in [-0.3, -0.25) is 0 Å². The summed E-state index contributed by atoms with van der Waals surface area (Å²) in [5.74, 6) is -0.885. The van der Waals surface area contributed by atoms with Crippen LogP contribution in [0.15, 0.2) is 12.3 Å². The third kappa shape index (κ3) is 2.43. The van der Waals surface area contributed by atoms with Gasteiger partial charge in [0.1, 0.15) is 0 Å². The van der Waals surface area contributed by atoms with E-state index in [1.807, 2.05) is 0 Å². The van der Waals surface area contributed by atoms with Crippen LogP contribution in [0.4, 0.5) is 4.39 Å². The van der Waals surface area contributed by atoms with Crippen molar-refractivity contribution in [2.45, 2.75) is 3.79 Å². The molecular weight excluding hydrogens is 213 g/mol. The predicted octanol–water partition coefficient (Wildman–Crippen LogP) is 2.44. The predicted molar refractivity (Wildman–Crippen MR) is 41.2 cm³/mol. The van der Waals surface area contributed by atoms with Crippen molar-refractivity contribution in [1.29, 1.82) is 0 Å². The lowest BCUT2D eigenvalue weighted by Crippen LogP contribution is -2.07. The lowest BCUT2D eigenvalue weighted by molar-refractivity contribution is 0.571. The van der Waals surface area contributed by atoms with Gasteiger partial charge in [-0.05, 0) is 0 Å². The van der Waals surface area contributed by atoms with E-state index >= 15 is 0 Å². The zero-order valence-electron chi connectivity index (χ0n) is 5.06. The molecule has 0 aliphatic rings. The minimum Gasteiger partial charge on any atom is -0.237 e. The van der Waals surface area contributed by atoms with E-state index in [0.717, 1.165) is 6.07 Å². The van der Waals surface area contributed by atoms with Crippen molar-refractivity contribution in [3.8, 4) is 0 Å². The van der Waals surface area contributed by atoms with E-state index in [0.29, 0.717) is 0 Å². The van der Waals surface area contributed by atoms with Crippen LogP contribution >= 0.6 is 34.8 Å². The summed E-state index contributed by atoms with van der Waals surface area (Å²) in [5.41, 5.74) is 0. The summed E-state index contributed by atoms with van der Waals surface area (Å²) < 4.78 is 10.6. The zero-order chi connectivity index (χ0) is 8.48. The van der Waals surface area contributed by atoms with Crippen molar-refractivity contribution in [3.63, 3.8) is 0 Å². The SMILES string of the molecule is Fc1ccnc(C(Cl)(Cl)Cl)n1. The molecule has 0 saturated carbocycles. The van der Waals surface area contributed by atoms with Crippen molar-refractivity contribution >= 4 is 34.8 Å². The summed E-state index contributed by atoms with van der Waals surface area (Å²) in [7, 11) is 0. The third-order valence-corrected chi connectivity index (χ3v) is 1.38. The van der Waals surface area contributed by atoms with Gasteiger partial charge in [0.2, 0.25) is 9.74 Å². The van der Waals surface area contributed by atoms with Crippen LogP contribution in [-0.4, -0.2) is 9.97 Å². The van der Waals surface area contributed by atoms with Gasteiger partial charge in [-0.15, -0.1) is 0 Å². The molecule has 0 aliphatic heterocycles. The molecule has 0 N–H and O–H groups in total. The van der Waals surface area contributed by atoms with Gasteiger partial charge in [0.25, 0.3) is 0 Å². The van der Waals surface area contributed by atoms with Gasteiger partial charge in [-0.1, -0.05) is 34.8 Å². The molecule has 0 bridgehead atoms. The fraction of sp³-hybridized carbons (Fsp3) is 0.200. The van der Waals surface area contributed by atoms with Crippen LogP contribution in [0.1, 0.15) is 5.82 Å². The molecule has 1 rings (SSSR count). The molecule has 0 saturated heterocycles. The highest BCUT2D eigenvalue weighted by atomic mass is 35.6. The van der Waals surface area contributed by atoms with Crippen LogP contribution in [0.2, 0.25) is 0 Å². The molecule has 0 amide bonds. The van der Waals surface area contributed by atoms with Crippen LogP contribution in [-0.2, 0) is 3.79 Å². The maximum absolute atomic E-state index is 12.4. The highest BCUT2D eigenvalue weighted by Crippen LogP contribution is 2.35. The van der Waals surface area contributed by atoms with E-state index in [2.05, 4.69) is 9.97 Å². The maximum Gasteiger partial charge on any atom is 0.250 e. The van der Waals surface area contributed by atoms with Crippen molar-refractivity contribution < 1.29 is 4.39 Å². The minimum atomic E-state index is -1.76. The van der Waals surface area contributed by atoms with Gasteiger partial charge in [-0.25, -0.2) is 4.98 Å². The van der Waals surface area contributed by atoms with Gasteiger partial charge < -0.3 is 0 Å². The summed E-state index contributed by atoms with van der Waals surface area (Å²) in [4.78, 5) is 6.83. The van der Waals surface area contributed by atoms with E-state index in [-0.39, 0.29) is 5.82 Å². The monoisotopic (exact) mass is 214 g/mol. The third-order valence-electron chi connectivity index (χ3n) is 0.875. The van der Waals surface area contributed by atoms with Crippen molar-refractivity contribution in [3.05, 3.63) is 24.0 Å². The first kappa shape index (κ1) is 8.97. The van der Waals surface area contributed by atoms with Gasteiger partial charge in [0.05, 0.1) is 0 Å². The van der Waals surface area contributed by atoms with E-state index < -0.39 is 9.74 Å². The summed E-state index contributed by atoms with van der Waals surface area (Å²) in [6, 6.07) is 1.07. The lowest BCUT2D eigenvalue weighted by atomic mass is 10.6. The number of alkyl halides is 3. The standard InChI is InChI=1S/C5H2Cl3FN2/c6-5(7,8)4-10-2-1-3(9)11-4/h1-2H. The first-order chi connectivity index (χ1) is 5.00. The molecule has 0 aromatic carbocycles. The fourth-order valence-electron chi connectivity index (χ4n) is 0.473. The molecule has 0 radical (unpaired) electrons. The van der Waals surface area contributed by atoms with Crippen LogP contribution < -0.4 is 0 Å². The van der Waals surface area contributed by atoms with Crippen molar-refractivity contribution in [2.75, 3.05) is 0 Å². The Labute approximate surface area is 77.3 Å². The normalized spacial score (nSPS) is 11.6. The van der Waals surface area contributed by atoms with Gasteiger partial charge in [0.15, 0.2) is 5.82 Å². The number of halogens is 4. The molecule has 1 aromatic rings. The van der Waals surface area contributed by atoms with Gasteiger partial charge >= 0.3 is 0 Å². The number of rotatable bonds is 0. The average Bonchev–Trinajstić information content (AvgIpc) is 1.86. The highest BCUT2D eigenvalue weighted by molar-refractivity contribution is 6.66. The van der Waals surface area contributed by atoms with Crippen molar-refractivity contribution in [1.82, 2.24) is 9.97 Å². The number of aromatic nitrogens is 2. The second-order valence-corrected chi connectivity index (χ2v) is 3.98. The largest absolute Gasteiger partial charge is 0.250 e. The van der Waals surface area contributed by atoms with Crippen LogP contribution in [0.3, 0.4) is 0 Å². The van der Waals surface area contributed by atoms with Crippen LogP contribution in [0, 0.1) is 5.95 Å². The Kier molecular flexibility index (Phi) is 2.52. The molecule has 0 fully saturated rings. The molecular formula is C5H2Cl3FN2. The molecule has 0 unspecified atom stereocenters. The Morgan fingerprint density at radius 3 is 2.36 bits per heavy atom. The fourth-order valence-corrected chi connectivity index (χ4v) is 0.746. The Morgan fingerprint density at radius 1 is 1.36 bits per heavy atom. The Morgan fingerprint density at radius 2 is 2.00 bits per heavy atom. The summed E-state index contributed by atoms with van der Waals surface area (Å²) >= 11 is 16.1. The topological polar surface area (TPSA) is 25.8 Å². The molecule has 2 nitrogen and oxygen atoms in total. The lowest BCUT2D eigenvalue weighted by Gasteiger charge is -2.06. The second-order valence-electron chi connectivity index (χ2n) is 1.70. The quantitative estimate of drug-likeness (QED) is 0.491. The average molecular weight is 215 g/mol. The van der Waals surface area contributed by atoms with E-state index in [4.69, 9.17) is 34.8 Å². The molecule has 0 aliphatic carbocycles. The zero-order valence-corrected chi connectivity index (χ0v) is 7.33. The molecule has 0 atom stereocenters. The van der Waals surface area contributed by atoms with E-state index in [1.165, 1.54) is 6.20 Å². The van der Waals surface area contributed by atoms with Crippen LogP contribution in [0.25, 0.3) is 0 Å². The smallest absolute Gasteiger partial charge is 0.237 e. The number of hydrogen-bond acceptors (Lipinski definition) is 2. The molecule has 1 heterocycles. The summed E-state index contributed by atoms with van der Waals surface area (Å²) in [6.45, 7) is 0. The molecule has 6 heteroatoms. The number of nitrogens with zero attached hydrogens (tertiary/aromatic N) is 2. The Bertz CT molecular complexity index is 260. The van der Waals surface area contributed by atoms with Crippen LogP contribution in [0.5, 0.6) is 0 Å². The number of hydrogen-bond donors (Lipinski definition) is 0. The maximum atomic E-state index is 12.4. The molecule has 11 heavy (non-hydrogen) atoms. The Balaban J connectivity index is 3.06. The molecule has 1 aromatic heterocycles. The van der Waals surface area contributed by atoms with Crippen molar-refractivity contribution in [2.24, 2.45) is 0 Å². The molecule has 0 spiro atoms. The summed E-state index contributed by atoms with van der Waals surface area (Å²) in [6.07, 6.45) is 1.18. The second kappa shape index (κ2) is 3.09. The van der Waals surface area contributed by atoms with Gasteiger partial charge in [-0.2, -0.15) is 9.37 Å². The van der Waals surface area contributed by atoms with E-state index in [1.54, 1.807) is 0 Å². The van der Waals surface area contributed by atoms with E-state index in [9.17, 15) is 4.39 Å². The summed E-state index contributed by atoms with van der Waals surface area (Å²) in [5, 5.41) is 0. The first-order valence-electron chi connectivity index (χ1n) is 2.56. The highest BCUT2D eigenvalue weighted by Gasteiger charge is 2.26. The molecule has 60 valence electrons. The minimum absolute atomic E-state index is 0.164. The van der Waals surface area contributed by atoms with Gasteiger partial charge in [0, 0.05) is 12.3 Å². The first-order valence-corrected chi connectivity index (χ1v) is 3.69. The Hall–Kier alpha value is -0.120.